The summed E-state index contributed by atoms with van der Waals surface area (Å²) in [6, 6.07) is 6.19. The molecule has 0 aromatic carbocycles. The summed E-state index contributed by atoms with van der Waals surface area (Å²) < 4.78 is 0. The van der Waals surface area contributed by atoms with Crippen molar-refractivity contribution >= 4 is 5.91 Å². The second kappa shape index (κ2) is 4.98. The molecule has 19 heavy (non-hydrogen) atoms. The van der Waals surface area contributed by atoms with E-state index in [1.807, 2.05) is 6.07 Å². The van der Waals surface area contributed by atoms with E-state index >= 15 is 0 Å². The van der Waals surface area contributed by atoms with Gasteiger partial charge in [0.25, 0.3) is 5.91 Å². The van der Waals surface area contributed by atoms with Gasteiger partial charge >= 0.3 is 0 Å². The van der Waals surface area contributed by atoms with Crippen LogP contribution in [0.1, 0.15) is 35.3 Å². The number of carbonyl (C=O) groups is 1. The average Bonchev–Trinajstić information content (AvgIpc) is 3.20. The Morgan fingerprint density at radius 3 is 2.89 bits per heavy atom. The third-order valence-electron chi connectivity index (χ3n) is 3.74. The highest BCUT2D eigenvalue weighted by molar-refractivity contribution is 5.92. The average molecular weight is 256 g/mol. The first-order valence-electron chi connectivity index (χ1n) is 6.67. The number of hydrogen-bond acceptors (Lipinski definition) is 4. The molecule has 2 heterocycles. The van der Waals surface area contributed by atoms with Crippen LogP contribution in [0.3, 0.4) is 0 Å². The first-order chi connectivity index (χ1) is 9.26. The molecule has 98 valence electrons. The first-order valence-corrected chi connectivity index (χ1v) is 6.67. The lowest BCUT2D eigenvalue weighted by Crippen LogP contribution is -2.37. The van der Waals surface area contributed by atoms with Crippen LogP contribution in [0.2, 0.25) is 0 Å². The number of nitrogens with one attached hydrogen (secondary N) is 1. The van der Waals surface area contributed by atoms with Crippen LogP contribution in [-0.4, -0.2) is 41.0 Å². The molecule has 0 bridgehead atoms. The molecular weight excluding hydrogens is 240 g/mol. The second-order valence-corrected chi connectivity index (χ2v) is 5.23. The number of nitriles is 1. The summed E-state index contributed by atoms with van der Waals surface area (Å²) in [6.45, 7) is 2.03. The molecule has 5 nitrogen and oxygen atoms in total. The minimum atomic E-state index is -0.146. The van der Waals surface area contributed by atoms with E-state index in [2.05, 4.69) is 15.2 Å². The van der Waals surface area contributed by atoms with Crippen LogP contribution in [0.4, 0.5) is 0 Å². The predicted octanol–water partition coefficient (Wildman–Crippen LogP) is 0.920. The number of rotatable bonds is 3. The maximum absolute atomic E-state index is 12.0. The van der Waals surface area contributed by atoms with Crippen LogP contribution in [0.5, 0.6) is 0 Å². The van der Waals surface area contributed by atoms with E-state index in [1.165, 1.54) is 19.0 Å². The summed E-state index contributed by atoms with van der Waals surface area (Å²) in [4.78, 5) is 18.5. The number of carbonyl (C=O) groups excluding carboxylic acids is 1. The molecule has 1 saturated heterocycles. The van der Waals surface area contributed by atoms with Crippen LogP contribution >= 0.6 is 0 Å². The van der Waals surface area contributed by atoms with Gasteiger partial charge in [0.1, 0.15) is 11.8 Å². The summed E-state index contributed by atoms with van der Waals surface area (Å²) in [5.41, 5.74) is 0.848. The van der Waals surface area contributed by atoms with Gasteiger partial charge in [0, 0.05) is 31.4 Å². The van der Waals surface area contributed by atoms with Crippen LogP contribution in [0, 0.1) is 11.3 Å². The fourth-order valence-corrected chi connectivity index (χ4v) is 2.53. The molecule has 1 aliphatic carbocycles. The lowest BCUT2D eigenvalue weighted by molar-refractivity contribution is 0.0932. The molecule has 1 saturated carbocycles. The smallest absolute Gasteiger partial charge is 0.270 e. The summed E-state index contributed by atoms with van der Waals surface area (Å²) in [5, 5.41) is 11.7. The van der Waals surface area contributed by atoms with Gasteiger partial charge in [-0.15, -0.1) is 0 Å². The second-order valence-electron chi connectivity index (χ2n) is 5.23. The zero-order chi connectivity index (χ0) is 13.2. The molecule has 3 rings (SSSR count). The Morgan fingerprint density at radius 2 is 2.26 bits per heavy atom. The van der Waals surface area contributed by atoms with Crippen LogP contribution < -0.4 is 5.32 Å². The van der Waals surface area contributed by atoms with E-state index in [9.17, 15) is 4.79 Å². The maximum atomic E-state index is 12.0. The Morgan fingerprint density at radius 1 is 1.42 bits per heavy atom. The van der Waals surface area contributed by atoms with Gasteiger partial charge in [0.15, 0.2) is 0 Å². The van der Waals surface area contributed by atoms with Crippen molar-refractivity contribution in [2.45, 2.75) is 31.3 Å². The Bertz CT molecular complexity index is 515. The molecule has 1 atom stereocenters. The summed E-state index contributed by atoms with van der Waals surface area (Å²) in [6.07, 6.45) is 5.05. The predicted molar refractivity (Wildman–Crippen MR) is 69.4 cm³/mol. The van der Waals surface area contributed by atoms with Gasteiger partial charge in [0.2, 0.25) is 0 Å². The van der Waals surface area contributed by atoms with Gasteiger partial charge in [-0.05, 0) is 31.4 Å². The van der Waals surface area contributed by atoms with Gasteiger partial charge < -0.3 is 5.32 Å². The third kappa shape index (κ3) is 2.74. The first kappa shape index (κ1) is 12.1. The SMILES string of the molecule is N#Cc1ccc(C(=O)NC2CCN(C3CC3)C2)nc1. The van der Waals surface area contributed by atoms with Crippen LogP contribution in [0.25, 0.3) is 0 Å². The van der Waals surface area contributed by atoms with Gasteiger partial charge in [-0.2, -0.15) is 5.26 Å². The molecule has 2 aliphatic rings. The van der Waals surface area contributed by atoms with Crippen molar-refractivity contribution in [1.82, 2.24) is 15.2 Å². The van der Waals surface area contributed by atoms with Gasteiger partial charge in [-0.3, -0.25) is 9.69 Å². The topological polar surface area (TPSA) is 69.0 Å². The fourth-order valence-electron chi connectivity index (χ4n) is 2.53. The highest BCUT2D eigenvalue weighted by Gasteiger charge is 2.34. The van der Waals surface area contributed by atoms with Crippen molar-refractivity contribution in [2.75, 3.05) is 13.1 Å². The van der Waals surface area contributed by atoms with Gasteiger partial charge in [-0.25, -0.2) is 4.98 Å². The number of hydrogen-bond donors (Lipinski definition) is 1. The van der Waals surface area contributed by atoms with E-state index in [0.717, 1.165) is 25.6 Å². The van der Waals surface area contributed by atoms with E-state index in [0.29, 0.717) is 11.3 Å². The molecule has 0 radical (unpaired) electrons. The molecule has 0 spiro atoms. The molecule has 1 amide bonds. The minimum absolute atomic E-state index is 0.146. The van der Waals surface area contributed by atoms with Crippen molar-refractivity contribution in [2.24, 2.45) is 0 Å². The Hall–Kier alpha value is -1.93. The molecule has 1 unspecified atom stereocenters. The van der Waals surface area contributed by atoms with Crippen LogP contribution in [-0.2, 0) is 0 Å². The quantitative estimate of drug-likeness (QED) is 0.873. The van der Waals surface area contributed by atoms with Crippen molar-refractivity contribution in [3.05, 3.63) is 29.6 Å². The maximum Gasteiger partial charge on any atom is 0.270 e. The van der Waals surface area contributed by atoms with Crippen molar-refractivity contribution in [3.8, 4) is 6.07 Å². The van der Waals surface area contributed by atoms with Crippen LogP contribution in [0.15, 0.2) is 18.3 Å². The third-order valence-corrected chi connectivity index (χ3v) is 3.74. The van der Waals surface area contributed by atoms with E-state index in [4.69, 9.17) is 5.26 Å². The normalized spacial score (nSPS) is 23.0. The van der Waals surface area contributed by atoms with Gasteiger partial charge in [0.05, 0.1) is 5.56 Å². The van der Waals surface area contributed by atoms with E-state index in [1.54, 1.807) is 12.1 Å². The number of pyridine rings is 1. The molecule has 1 aliphatic heterocycles. The lowest BCUT2D eigenvalue weighted by atomic mass is 10.2. The fraction of sp³-hybridized carbons (Fsp3) is 0.500. The molecule has 5 heteroatoms. The minimum Gasteiger partial charge on any atom is -0.347 e. The monoisotopic (exact) mass is 256 g/mol. The van der Waals surface area contributed by atoms with E-state index in [-0.39, 0.29) is 11.9 Å². The van der Waals surface area contributed by atoms with Crippen molar-refractivity contribution in [3.63, 3.8) is 0 Å². The number of aromatic nitrogens is 1. The number of amides is 1. The van der Waals surface area contributed by atoms with Gasteiger partial charge in [-0.1, -0.05) is 0 Å². The largest absolute Gasteiger partial charge is 0.347 e. The highest BCUT2D eigenvalue weighted by atomic mass is 16.1. The Kier molecular flexibility index (Phi) is 3.18. The molecule has 1 aromatic rings. The zero-order valence-corrected chi connectivity index (χ0v) is 10.7. The number of likely N-dealkylation sites (tertiary alicyclic amines) is 1. The molecule has 2 fully saturated rings. The Balaban J connectivity index is 1.57. The molecular formula is C14H16N4O. The molecule has 1 N–H and O–H groups in total. The summed E-state index contributed by atoms with van der Waals surface area (Å²) >= 11 is 0. The van der Waals surface area contributed by atoms with Crippen molar-refractivity contribution in [1.29, 1.82) is 5.26 Å². The Labute approximate surface area is 112 Å². The van der Waals surface area contributed by atoms with E-state index < -0.39 is 0 Å². The zero-order valence-electron chi connectivity index (χ0n) is 10.7. The highest BCUT2D eigenvalue weighted by Crippen LogP contribution is 2.29. The summed E-state index contributed by atoms with van der Waals surface area (Å²) in [5.74, 6) is -0.146. The lowest BCUT2D eigenvalue weighted by Gasteiger charge is -2.15. The van der Waals surface area contributed by atoms with Crippen molar-refractivity contribution < 1.29 is 4.79 Å². The standard InChI is InChI=1S/C14H16N4O/c15-7-10-1-4-13(16-8-10)14(19)17-11-5-6-18(9-11)12-2-3-12/h1,4,8,11-12H,2-3,5-6,9H2,(H,17,19). The summed E-state index contributed by atoms with van der Waals surface area (Å²) in [7, 11) is 0. The number of nitrogens with zero attached hydrogens (tertiary/aromatic N) is 3. The molecule has 1 aromatic heterocycles.